The Bertz CT molecular complexity index is 964. The van der Waals surface area contributed by atoms with Crippen molar-refractivity contribution in [3.8, 4) is 0 Å². The molecule has 0 saturated carbocycles. The van der Waals surface area contributed by atoms with Gasteiger partial charge in [0, 0.05) is 11.5 Å². The Morgan fingerprint density at radius 1 is 1.38 bits per heavy atom. The molecule has 0 aliphatic heterocycles. The zero-order valence-electron chi connectivity index (χ0n) is 13.1. The second-order valence-corrected chi connectivity index (χ2v) is 6.29. The number of rotatable bonds is 4. The third-order valence-corrected chi connectivity index (χ3v) is 4.10. The average molecular weight is 391 g/mol. The highest BCUT2D eigenvalue weighted by Crippen LogP contribution is 2.14. The highest BCUT2D eigenvalue weighted by molar-refractivity contribution is 9.10. The molecule has 0 spiro atoms. The van der Waals surface area contributed by atoms with Gasteiger partial charge in [0.2, 0.25) is 5.91 Å². The standard InChI is InChI=1S/C15H15BrN6O2/c1-9(14-17-7-19-21(14)2)20-13(23)6-22-8-18-12-4-3-10(16)5-11(12)15(22)24/h3-5,7-9H,6H2,1-2H3,(H,20,23). The van der Waals surface area contributed by atoms with Crippen molar-refractivity contribution in [3.05, 3.63) is 51.5 Å². The van der Waals surface area contributed by atoms with E-state index >= 15 is 0 Å². The zero-order valence-corrected chi connectivity index (χ0v) is 14.7. The zero-order chi connectivity index (χ0) is 17.3. The Labute approximate surface area is 145 Å². The number of nitrogens with zero attached hydrogens (tertiary/aromatic N) is 5. The lowest BCUT2D eigenvalue weighted by Gasteiger charge is -2.13. The second-order valence-electron chi connectivity index (χ2n) is 5.37. The number of benzene rings is 1. The molecule has 24 heavy (non-hydrogen) atoms. The lowest BCUT2D eigenvalue weighted by molar-refractivity contribution is -0.122. The van der Waals surface area contributed by atoms with Gasteiger partial charge in [-0.1, -0.05) is 15.9 Å². The van der Waals surface area contributed by atoms with E-state index in [9.17, 15) is 9.59 Å². The van der Waals surface area contributed by atoms with E-state index in [0.29, 0.717) is 16.7 Å². The van der Waals surface area contributed by atoms with Crippen LogP contribution in [0, 0.1) is 0 Å². The second kappa shape index (κ2) is 6.52. The largest absolute Gasteiger partial charge is 0.345 e. The average Bonchev–Trinajstić information content (AvgIpc) is 2.97. The Kier molecular flexibility index (Phi) is 4.43. The molecule has 0 radical (unpaired) electrons. The smallest absolute Gasteiger partial charge is 0.261 e. The predicted octanol–water partition coefficient (Wildman–Crippen LogP) is 1.16. The van der Waals surface area contributed by atoms with E-state index in [1.807, 2.05) is 6.07 Å². The number of aromatic nitrogens is 5. The molecular weight excluding hydrogens is 376 g/mol. The van der Waals surface area contributed by atoms with Crippen LogP contribution in [-0.2, 0) is 18.4 Å². The third-order valence-electron chi connectivity index (χ3n) is 3.61. The fourth-order valence-corrected chi connectivity index (χ4v) is 2.81. The van der Waals surface area contributed by atoms with Crippen LogP contribution in [0.5, 0.6) is 0 Å². The van der Waals surface area contributed by atoms with E-state index in [0.717, 1.165) is 4.47 Å². The van der Waals surface area contributed by atoms with Crippen molar-refractivity contribution in [1.29, 1.82) is 0 Å². The minimum absolute atomic E-state index is 0.115. The molecule has 3 rings (SSSR count). The lowest BCUT2D eigenvalue weighted by Crippen LogP contribution is -2.34. The summed E-state index contributed by atoms with van der Waals surface area (Å²) in [6, 6.07) is 4.94. The van der Waals surface area contributed by atoms with Crippen LogP contribution in [0.2, 0.25) is 0 Å². The van der Waals surface area contributed by atoms with Gasteiger partial charge >= 0.3 is 0 Å². The lowest BCUT2D eigenvalue weighted by atomic mass is 10.2. The van der Waals surface area contributed by atoms with Gasteiger partial charge in [-0.3, -0.25) is 18.8 Å². The van der Waals surface area contributed by atoms with Gasteiger partial charge < -0.3 is 5.32 Å². The first-order valence-corrected chi connectivity index (χ1v) is 8.03. The SMILES string of the molecule is CC(NC(=O)Cn1cnc2ccc(Br)cc2c1=O)c1ncnn1C. The van der Waals surface area contributed by atoms with Gasteiger partial charge in [0.05, 0.1) is 23.3 Å². The maximum absolute atomic E-state index is 12.5. The molecule has 1 amide bonds. The van der Waals surface area contributed by atoms with Crippen LogP contribution in [0.1, 0.15) is 18.8 Å². The first kappa shape index (κ1) is 16.3. The minimum Gasteiger partial charge on any atom is -0.345 e. The van der Waals surface area contributed by atoms with Crippen molar-refractivity contribution < 1.29 is 4.79 Å². The highest BCUT2D eigenvalue weighted by atomic mass is 79.9. The molecule has 1 atom stereocenters. The van der Waals surface area contributed by atoms with Crippen molar-refractivity contribution in [1.82, 2.24) is 29.6 Å². The number of nitrogens with one attached hydrogen (secondary N) is 1. The van der Waals surface area contributed by atoms with E-state index in [-0.39, 0.29) is 24.1 Å². The van der Waals surface area contributed by atoms with Crippen LogP contribution in [0.4, 0.5) is 0 Å². The molecule has 0 bridgehead atoms. The molecule has 2 aromatic heterocycles. The molecule has 124 valence electrons. The summed E-state index contributed by atoms with van der Waals surface area (Å²) < 4.78 is 3.66. The van der Waals surface area contributed by atoms with Gasteiger partial charge in [-0.25, -0.2) is 9.97 Å². The Balaban J connectivity index is 1.79. The number of amides is 1. The van der Waals surface area contributed by atoms with Gasteiger partial charge in [0.15, 0.2) is 0 Å². The van der Waals surface area contributed by atoms with Gasteiger partial charge in [0.25, 0.3) is 5.56 Å². The van der Waals surface area contributed by atoms with E-state index in [1.165, 1.54) is 17.2 Å². The van der Waals surface area contributed by atoms with E-state index < -0.39 is 0 Å². The topological polar surface area (TPSA) is 94.7 Å². The fourth-order valence-electron chi connectivity index (χ4n) is 2.45. The molecule has 0 aliphatic carbocycles. The summed E-state index contributed by atoms with van der Waals surface area (Å²) in [5.74, 6) is 0.333. The summed E-state index contributed by atoms with van der Waals surface area (Å²) in [6.07, 6.45) is 2.80. The summed E-state index contributed by atoms with van der Waals surface area (Å²) in [7, 11) is 1.75. The number of carbonyl (C=O) groups excluding carboxylic acids is 1. The molecule has 0 fully saturated rings. The van der Waals surface area contributed by atoms with E-state index in [1.54, 1.807) is 30.8 Å². The van der Waals surface area contributed by atoms with E-state index in [4.69, 9.17) is 0 Å². The normalized spacial score (nSPS) is 12.3. The molecule has 9 heteroatoms. The summed E-state index contributed by atoms with van der Waals surface area (Å²) in [4.78, 5) is 33.0. The molecule has 1 N–H and O–H groups in total. The Hall–Kier alpha value is -2.55. The molecule has 2 heterocycles. The number of aryl methyl sites for hydroxylation is 1. The summed E-state index contributed by atoms with van der Waals surface area (Å²) >= 11 is 3.33. The highest BCUT2D eigenvalue weighted by Gasteiger charge is 2.15. The van der Waals surface area contributed by atoms with Crippen molar-refractivity contribution in [3.63, 3.8) is 0 Å². The molecule has 1 unspecified atom stereocenters. The van der Waals surface area contributed by atoms with Crippen molar-refractivity contribution >= 4 is 32.7 Å². The first-order valence-electron chi connectivity index (χ1n) is 7.23. The number of hydrogen-bond acceptors (Lipinski definition) is 5. The van der Waals surface area contributed by atoms with Crippen LogP contribution >= 0.6 is 15.9 Å². The van der Waals surface area contributed by atoms with Crippen LogP contribution in [0.25, 0.3) is 10.9 Å². The molecule has 8 nitrogen and oxygen atoms in total. The number of carbonyl (C=O) groups is 1. The maximum Gasteiger partial charge on any atom is 0.261 e. The van der Waals surface area contributed by atoms with Crippen molar-refractivity contribution in [2.45, 2.75) is 19.5 Å². The molecule has 3 aromatic rings. The summed E-state index contributed by atoms with van der Waals surface area (Å²) in [5.41, 5.74) is 0.329. The van der Waals surface area contributed by atoms with Crippen LogP contribution in [0.15, 0.2) is 40.1 Å². The monoisotopic (exact) mass is 390 g/mol. The van der Waals surface area contributed by atoms with Crippen molar-refractivity contribution in [2.75, 3.05) is 0 Å². The Morgan fingerprint density at radius 2 is 2.17 bits per heavy atom. The number of halogens is 1. The van der Waals surface area contributed by atoms with Crippen molar-refractivity contribution in [2.24, 2.45) is 7.05 Å². The molecule has 1 aromatic carbocycles. The Morgan fingerprint density at radius 3 is 2.88 bits per heavy atom. The number of fused-ring (bicyclic) bond motifs is 1. The predicted molar refractivity (Wildman–Crippen MR) is 91.3 cm³/mol. The first-order chi connectivity index (χ1) is 11.5. The fraction of sp³-hybridized carbons (Fsp3) is 0.267. The molecular formula is C15H15BrN6O2. The van der Waals surface area contributed by atoms with Crippen LogP contribution < -0.4 is 10.9 Å². The quantitative estimate of drug-likeness (QED) is 0.721. The van der Waals surface area contributed by atoms with E-state index in [2.05, 4.69) is 36.3 Å². The summed E-state index contributed by atoms with van der Waals surface area (Å²) in [5, 5.41) is 7.23. The molecule has 0 saturated heterocycles. The third kappa shape index (κ3) is 3.21. The minimum atomic E-state index is -0.316. The molecule has 0 aliphatic rings. The van der Waals surface area contributed by atoms with Crippen LogP contribution in [0.3, 0.4) is 0 Å². The van der Waals surface area contributed by atoms with Crippen LogP contribution in [-0.4, -0.2) is 30.2 Å². The van der Waals surface area contributed by atoms with Gasteiger partial charge in [-0.2, -0.15) is 5.10 Å². The maximum atomic E-state index is 12.5. The number of hydrogen-bond donors (Lipinski definition) is 1. The summed E-state index contributed by atoms with van der Waals surface area (Å²) in [6.45, 7) is 1.69. The van der Waals surface area contributed by atoms with Gasteiger partial charge in [-0.05, 0) is 25.1 Å². The van der Waals surface area contributed by atoms with Gasteiger partial charge in [0.1, 0.15) is 18.7 Å². The van der Waals surface area contributed by atoms with Gasteiger partial charge in [-0.15, -0.1) is 0 Å².